The predicted molar refractivity (Wildman–Crippen MR) is 153 cm³/mol. The molecule has 0 saturated heterocycles. The number of carbonyl (C=O) groups is 1. The fourth-order valence-electron chi connectivity index (χ4n) is 5.21. The molecule has 1 aliphatic carbocycles. The first-order chi connectivity index (χ1) is 19.6. The van der Waals surface area contributed by atoms with Crippen LogP contribution in [0.4, 0.5) is 26.3 Å². The number of allylic oxidation sites excluding steroid dienone is 2. The number of carbonyl (C=O) groups excluding carboxylic acids is 1. The molecule has 9 heteroatoms. The maximum atomic E-state index is 13.6. The van der Waals surface area contributed by atoms with Gasteiger partial charge in [-0.1, -0.05) is 68.5 Å². The molecule has 0 saturated carbocycles. The van der Waals surface area contributed by atoms with Gasteiger partial charge in [0.05, 0.1) is 17.2 Å². The SMILES string of the molecule is CC1C=C(C(=CC2C=CCC(C)C(c3cc(C(F)(F)F)cc(C(F)(F)F)c3)=NC2C)C(N)=O)C=c2ccccc2=CC1. The number of hydrogen-bond donors (Lipinski definition) is 1. The van der Waals surface area contributed by atoms with Crippen LogP contribution in [0.2, 0.25) is 0 Å². The first-order valence-corrected chi connectivity index (χ1v) is 13.7. The van der Waals surface area contributed by atoms with E-state index in [9.17, 15) is 31.1 Å². The standard InChI is InChI=1S/C33H32F6N2O/c1-19-11-12-22-8-4-5-9-24(22)14-25(13-19)29(31(40)42)17-23-10-6-7-20(2)30(41-21(23)3)26-15-27(32(34,35)36)18-28(16-26)33(37,38)39/h4-6,8-10,12-21,23H,7,11H2,1-3H3,(H2,40,42). The highest BCUT2D eigenvalue weighted by molar-refractivity contribution is 6.03. The van der Waals surface area contributed by atoms with E-state index in [0.29, 0.717) is 24.1 Å². The van der Waals surface area contributed by atoms with E-state index in [1.165, 1.54) is 0 Å². The Morgan fingerprint density at radius 2 is 1.55 bits per heavy atom. The monoisotopic (exact) mass is 586 g/mol. The summed E-state index contributed by atoms with van der Waals surface area (Å²) in [6.07, 6.45) is 2.50. The van der Waals surface area contributed by atoms with E-state index in [0.717, 1.165) is 16.9 Å². The summed E-state index contributed by atoms with van der Waals surface area (Å²) in [6.45, 7) is 5.44. The fraction of sp³-hybridized carbons (Fsp3) is 0.333. The van der Waals surface area contributed by atoms with E-state index in [4.69, 9.17) is 5.73 Å². The molecule has 2 aromatic carbocycles. The Hall–Kier alpha value is -3.88. The molecule has 1 aliphatic heterocycles. The van der Waals surface area contributed by atoms with Gasteiger partial charge in [-0.3, -0.25) is 9.79 Å². The third-order valence-electron chi connectivity index (χ3n) is 7.51. The molecule has 0 fully saturated rings. The van der Waals surface area contributed by atoms with Crippen molar-refractivity contribution < 1.29 is 31.1 Å². The van der Waals surface area contributed by atoms with Gasteiger partial charge >= 0.3 is 12.4 Å². The molecule has 4 atom stereocenters. The molecule has 2 N–H and O–H groups in total. The van der Waals surface area contributed by atoms with Gasteiger partial charge in [0.15, 0.2) is 0 Å². The number of nitrogens with two attached hydrogens (primary N) is 1. The molecule has 2 aromatic rings. The van der Waals surface area contributed by atoms with Crippen LogP contribution >= 0.6 is 0 Å². The Morgan fingerprint density at radius 3 is 2.14 bits per heavy atom. The zero-order valence-corrected chi connectivity index (χ0v) is 23.4. The zero-order valence-electron chi connectivity index (χ0n) is 23.4. The molecule has 0 radical (unpaired) electrons. The van der Waals surface area contributed by atoms with Gasteiger partial charge in [-0.05, 0) is 71.5 Å². The predicted octanol–water partition coefficient (Wildman–Crippen LogP) is 6.75. The highest BCUT2D eigenvalue weighted by Gasteiger charge is 2.37. The number of primary amides is 1. The zero-order chi connectivity index (χ0) is 30.8. The second-order valence-corrected chi connectivity index (χ2v) is 10.9. The van der Waals surface area contributed by atoms with Gasteiger partial charge in [0.1, 0.15) is 0 Å². The number of alkyl halides is 6. The smallest absolute Gasteiger partial charge is 0.366 e. The molecule has 0 bridgehead atoms. The molecule has 0 spiro atoms. The summed E-state index contributed by atoms with van der Waals surface area (Å²) >= 11 is 0. The Morgan fingerprint density at radius 1 is 0.929 bits per heavy atom. The second kappa shape index (κ2) is 12.2. The first-order valence-electron chi connectivity index (χ1n) is 13.7. The summed E-state index contributed by atoms with van der Waals surface area (Å²) in [5.74, 6) is -1.50. The van der Waals surface area contributed by atoms with E-state index in [2.05, 4.69) is 11.1 Å². The van der Waals surface area contributed by atoms with E-state index in [-0.39, 0.29) is 28.8 Å². The van der Waals surface area contributed by atoms with E-state index in [1.807, 2.05) is 55.5 Å². The van der Waals surface area contributed by atoms with E-state index in [1.54, 1.807) is 19.9 Å². The van der Waals surface area contributed by atoms with Crippen molar-refractivity contribution in [2.24, 2.45) is 28.5 Å². The summed E-state index contributed by atoms with van der Waals surface area (Å²) in [5, 5.41) is 1.95. The maximum Gasteiger partial charge on any atom is 0.416 e. The van der Waals surface area contributed by atoms with Crippen LogP contribution in [-0.4, -0.2) is 17.7 Å². The quantitative estimate of drug-likeness (QED) is 0.241. The van der Waals surface area contributed by atoms with E-state index < -0.39 is 47.3 Å². The lowest BCUT2D eigenvalue weighted by Crippen LogP contribution is -2.27. The molecule has 3 nitrogen and oxygen atoms in total. The van der Waals surface area contributed by atoms with Crippen LogP contribution in [-0.2, 0) is 17.1 Å². The minimum Gasteiger partial charge on any atom is -0.366 e. The molecule has 42 heavy (non-hydrogen) atoms. The van der Waals surface area contributed by atoms with Gasteiger partial charge in [0.2, 0.25) is 5.91 Å². The number of amides is 1. The van der Waals surface area contributed by atoms with Gasteiger partial charge in [0.25, 0.3) is 0 Å². The van der Waals surface area contributed by atoms with Gasteiger partial charge in [-0.25, -0.2) is 0 Å². The average Bonchev–Trinajstić information content (AvgIpc) is 2.89. The summed E-state index contributed by atoms with van der Waals surface area (Å²) in [4.78, 5) is 17.4. The molecule has 4 unspecified atom stereocenters. The maximum absolute atomic E-state index is 13.6. The summed E-state index contributed by atoms with van der Waals surface area (Å²) < 4.78 is 81.4. The highest BCUT2D eigenvalue weighted by Crippen LogP contribution is 2.37. The van der Waals surface area contributed by atoms with Gasteiger partial charge in [-0.2, -0.15) is 26.3 Å². The minimum absolute atomic E-state index is 0.104. The Kier molecular flexibility index (Phi) is 8.99. The normalized spacial score (nSPS) is 23.6. The van der Waals surface area contributed by atoms with Crippen molar-refractivity contribution in [3.63, 3.8) is 0 Å². The second-order valence-electron chi connectivity index (χ2n) is 10.9. The first kappa shape index (κ1) is 31.1. The van der Waals surface area contributed by atoms with Crippen LogP contribution < -0.4 is 16.2 Å². The van der Waals surface area contributed by atoms with E-state index >= 15 is 0 Å². The number of fused-ring (bicyclic) bond motifs is 1. The molecule has 0 aromatic heterocycles. The number of hydrogen-bond acceptors (Lipinski definition) is 2. The van der Waals surface area contributed by atoms with Crippen molar-refractivity contribution in [2.75, 3.05) is 0 Å². The van der Waals surface area contributed by atoms with Crippen molar-refractivity contribution in [1.29, 1.82) is 0 Å². The number of nitrogens with zero attached hydrogens (tertiary/aromatic N) is 1. The third kappa shape index (κ3) is 7.30. The Balaban J connectivity index is 1.82. The average molecular weight is 587 g/mol. The summed E-state index contributed by atoms with van der Waals surface area (Å²) in [7, 11) is 0. The van der Waals surface area contributed by atoms with Gasteiger partial charge < -0.3 is 5.73 Å². The topological polar surface area (TPSA) is 55.4 Å². The molecule has 222 valence electrons. The van der Waals surface area contributed by atoms with Gasteiger partial charge in [0, 0.05) is 23.1 Å². The van der Waals surface area contributed by atoms with Crippen LogP contribution in [0.25, 0.3) is 12.2 Å². The van der Waals surface area contributed by atoms with Crippen molar-refractivity contribution in [3.8, 4) is 0 Å². The van der Waals surface area contributed by atoms with Crippen molar-refractivity contribution in [3.05, 3.63) is 105 Å². The fourth-order valence-corrected chi connectivity index (χ4v) is 5.21. The molecule has 1 heterocycles. The lowest BCUT2D eigenvalue weighted by molar-refractivity contribution is -0.143. The molecule has 2 aliphatic rings. The minimum atomic E-state index is -4.97. The lowest BCUT2D eigenvalue weighted by atomic mass is 9.87. The van der Waals surface area contributed by atoms with Crippen LogP contribution in [0.1, 0.15) is 50.3 Å². The lowest BCUT2D eigenvalue weighted by Gasteiger charge is -2.24. The number of benzene rings is 2. The van der Waals surface area contributed by atoms with Crippen molar-refractivity contribution >= 4 is 23.8 Å². The molecular weight excluding hydrogens is 554 g/mol. The summed E-state index contributed by atoms with van der Waals surface area (Å²) in [6, 6.07) is 8.68. The largest absolute Gasteiger partial charge is 0.416 e. The molecular formula is C33H32F6N2O. The number of halogens is 6. The summed E-state index contributed by atoms with van der Waals surface area (Å²) in [5.41, 5.74) is 3.89. The molecule has 1 amide bonds. The van der Waals surface area contributed by atoms with Crippen LogP contribution in [0.15, 0.2) is 82.9 Å². The van der Waals surface area contributed by atoms with Crippen LogP contribution in [0.3, 0.4) is 0 Å². The van der Waals surface area contributed by atoms with Crippen LogP contribution in [0, 0.1) is 17.8 Å². The van der Waals surface area contributed by atoms with Crippen molar-refractivity contribution in [1.82, 2.24) is 0 Å². The van der Waals surface area contributed by atoms with Gasteiger partial charge in [-0.15, -0.1) is 0 Å². The Labute approximate surface area is 240 Å². The number of aliphatic imine (C=N–C) groups is 1. The highest BCUT2D eigenvalue weighted by atomic mass is 19.4. The molecule has 4 rings (SSSR count). The van der Waals surface area contributed by atoms with Crippen LogP contribution in [0.5, 0.6) is 0 Å². The Bertz CT molecular complexity index is 1560. The number of rotatable bonds is 4. The third-order valence-corrected chi connectivity index (χ3v) is 7.51. The van der Waals surface area contributed by atoms with Crippen molar-refractivity contribution in [2.45, 2.75) is 52.0 Å².